The van der Waals surface area contributed by atoms with Gasteiger partial charge in [0.15, 0.2) is 0 Å². The van der Waals surface area contributed by atoms with E-state index in [-0.39, 0.29) is 0 Å². The first-order chi connectivity index (χ1) is 6.04. The molecule has 1 unspecified atom stereocenters. The maximum Gasteiger partial charge on any atom is 0.335 e. The molecule has 0 radical (unpaired) electrons. The summed E-state index contributed by atoms with van der Waals surface area (Å²) in [6.45, 7) is 0. The molecule has 0 aliphatic carbocycles. The van der Waals surface area contributed by atoms with Crippen LogP contribution in [0.5, 0.6) is 0 Å². The summed E-state index contributed by atoms with van der Waals surface area (Å²) in [5.74, 6) is -0.879. The van der Waals surface area contributed by atoms with E-state index in [0.717, 1.165) is 0 Å². The third-order valence-corrected chi connectivity index (χ3v) is 1.02. The summed E-state index contributed by atoms with van der Waals surface area (Å²) in [7, 11) is 0. The molecule has 0 fully saturated rings. The minimum Gasteiger partial charge on any atom is -0.760 e. The van der Waals surface area contributed by atoms with Crippen molar-refractivity contribution in [3.05, 3.63) is 35.9 Å². The van der Waals surface area contributed by atoms with Crippen LogP contribution in [0.4, 0.5) is 0 Å². The number of carboxylic acid groups (broad SMARTS) is 1. The maximum atomic E-state index is 10.2. The first kappa shape index (κ1) is 11.8. The fourth-order valence-electron chi connectivity index (χ4n) is 0.581. The minimum atomic E-state index is -2.36. The van der Waals surface area contributed by atoms with Crippen LogP contribution in [0.1, 0.15) is 10.4 Å². The van der Waals surface area contributed by atoms with Crippen LogP contribution in [-0.2, 0) is 11.3 Å². The lowest BCUT2D eigenvalue weighted by Gasteiger charge is -1.88. The van der Waals surface area contributed by atoms with Gasteiger partial charge in [0, 0.05) is 11.3 Å². The third-order valence-electron chi connectivity index (χ3n) is 1.02. The van der Waals surface area contributed by atoms with E-state index in [0.29, 0.717) is 5.56 Å². The van der Waals surface area contributed by atoms with Crippen LogP contribution < -0.4 is 5.14 Å². The molecular weight excluding hydrogens is 194 g/mol. The Morgan fingerprint density at radius 1 is 1.38 bits per heavy atom. The molecule has 0 aromatic heterocycles. The molecule has 0 bridgehead atoms. The number of benzene rings is 1. The Labute approximate surface area is 77.6 Å². The molecule has 1 aromatic rings. The predicted octanol–water partition coefficient (Wildman–Crippen LogP) is 0.124. The van der Waals surface area contributed by atoms with Crippen LogP contribution in [0.3, 0.4) is 0 Å². The summed E-state index contributed by atoms with van der Waals surface area (Å²) in [5.41, 5.74) is 0.331. The smallest absolute Gasteiger partial charge is 0.335 e. The summed E-state index contributed by atoms with van der Waals surface area (Å²) in [6, 6.07) is 8.30. The zero-order chi connectivity index (χ0) is 10.3. The molecule has 1 atom stereocenters. The van der Waals surface area contributed by atoms with Gasteiger partial charge in [-0.25, -0.2) is 4.79 Å². The van der Waals surface area contributed by atoms with Gasteiger partial charge in [0.05, 0.1) is 5.56 Å². The predicted molar refractivity (Wildman–Crippen MR) is 46.5 cm³/mol. The Balaban J connectivity index is 0.000000310. The highest BCUT2D eigenvalue weighted by atomic mass is 32.2. The van der Waals surface area contributed by atoms with Gasteiger partial charge in [-0.1, -0.05) is 18.2 Å². The minimum absolute atomic E-state index is 0.331. The normalized spacial score (nSPS) is 10.9. The molecule has 0 saturated heterocycles. The van der Waals surface area contributed by atoms with Crippen LogP contribution in [0.15, 0.2) is 30.3 Å². The quantitative estimate of drug-likeness (QED) is 0.631. The number of rotatable bonds is 1. The van der Waals surface area contributed by atoms with E-state index in [4.69, 9.17) is 13.9 Å². The Morgan fingerprint density at radius 3 is 2.00 bits per heavy atom. The van der Waals surface area contributed by atoms with Gasteiger partial charge in [-0.15, -0.1) is 0 Å². The van der Waals surface area contributed by atoms with E-state index in [2.05, 4.69) is 5.14 Å². The van der Waals surface area contributed by atoms with Gasteiger partial charge in [-0.3, -0.25) is 9.35 Å². The van der Waals surface area contributed by atoms with Crippen molar-refractivity contribution < 1.29 is 18.7 Å². The van der Waals surface area contributed by atoms with Crippen molar-refractivity contribution >= 4 is 17.2 Å². The molecule has 0 saturated carbocycles. The number of hydrogen-bond acceptors (Lipinski definition) is 3. The van der Waals surface area contributed by atoms with Gasteiger partial charge in [0.2, 0.25) is 0 Å². The average molecular weight is 202 g/mol. The number of carboxylic acids is 1. The molecule has 0 aliphatic rings. The summed E-state index contributed by atoms with van der Waals surface area (Å²) in [5, 5.41) is 12.4. The largest absolute Gasteiger partial charge is 0.760 e. The molecule has 0 spiro atoms. The van der Waals surface area contributed by atoms with Crippen molar-refractivity contribution in [3.63, 3.8) is 0 Å². The fourth-order valence-corrected chi connectivity index (χ4v) is 0.581. The van der Waals surface area contributed by atoms with E-state index in [9.17, 15) is 4.79 Å². The van der Waals surface area contributed by atoms with E-state index in [1.807, 2.05) is 0 Å². The average Bonchev–Trinajstić information content (AvgIpc) is 2.05. The first-order valence-electron chi connectivity index (χ1n) is 3.16. The summed E-state index contributed by atoms with van der Waals surface area (Å²) < 4.78 is 17.6. The Bertz CT molecular complexity index is 284. The molecule has 0 amide bonds. The van der Waals surface area contributed by atoms with Crippen molar-refractivity contribution in [1.82, 2.24) is 0 Å². The topological polar surface area (TPSA) is 103 Å². The van der Waals surface area contributed by atoms with Gasteiger partial charge in [0.25, 0.3) is 0 Å². The highest BCUT2D eigenvalue weighted by Crippen LogP contribution is 1.96. The number of nitrogens with two attached hydrogens (primary N) is 1. The molecule has 5 nitrogen and oxygen atoms in total. The summed E-state index contributed by atoms with van der Waals surface area (Å²) in [6.07, 6.45) is 0. The van der Waals surface area contributed by atoms with Crippen LogP contribution >= 0.6 is 0 Å². The van der Waals surface area contributed by atoms with Gasteiger partial charge in [-0.2, -0.15) is 0 Å². The van der Waals surface area contributed by atoms with Crippen LogP contribution in [-0.4, -0.2) is 19.8 Å². The molecule has 72 valence electrons. The summed E-state index contributed by atoms with van der Waals surface area (Å²) in [4.78, 5) is 10.2. The van der Waals surface area contributed by atoms with E-state index < -0.39 is 17.2 Å². The van der Waals surface area contributed by atoms with Crippen molar-refractivity contribution in [2.75, 3.05) is 0 Å². The molecule has 0 aliphatic heterocycles. The van der Waals surface area contributed by atoms with Crippen LogP contribution in [0.2, 0.25) is 0 Å². The van der Waals surface area contributed by atoms with Gasteiger partial charge in [0.1, 0.15) is 0 Å². The van der Waals surface area contributed by atoms with Crippen molar-refractivity contribution in [1.29, 1.82) is 0 Å². The monoisotopic (exact) mass is 202 g/mol. The number of carbonyl (C=O) groups is 1. The van der Waals surface area contributed by atoms with Gasteiger partial charge >= 0.3 is 5.97 Å². The molecular formula is C7H8NO4S-. The maximum absolute atomic E-state index is 10.2. The lowest BCUT2D eigenvalue weighted by molar-refractivity contribution is 0.0697. The Hall–Kier alpha value is -1.24. The number of aromatic carboxylic acids is 1. The second kappa shape index (κ2) is 6.30. The van der Waals surface area contributed by atoms with Crippen molar-refractivity contribution in [2.24, 2.45) is 5.14 Å². The van der Waals surface area contributed by atoms with Gasteiger partial charge in [-0.05, 0) is 12.1 Å². The standard InChI is InChI=1S/C7H6O2.H3NO2S/c8-7(9)6-4-2-1-3-5-6;1-4(2)3/h1-5H,(H,8,9);1H2,(H,2,3)/p-1. The molecule has 1 rings (SSSR count). The van der Waals surface area contributed by atoms with Crippen molar-refractivity contribution in [3.8, 4) is 0 Å². The van der Waals surface area contributed by atoms with E-state index in [1.54, 1.807) is 30.3 Å². The zero-order valence-electron chi connectivity index (χ0n) is 6.54. The lowest BCUT2D eigenvalue weighted by Crippen LogP contribution is -1.97. The van der Waals surface area contributed by atoms with Crippen LogP contribution in [0.25, 0.3) is 0 Å². The Kier molecular flexibility index (Phi) is 5.69. The van der Waals surface area contributed by atoms with E-state index >= 15 is 0 Å². The first-order valence-corrected chi connectivity index (χ1v) is 4.30. The van der Waals surface area contributed by atoms with Crippen LogP contribution in [0, 0.1) is 0 Å². The van der Waals surface area contributed by atoms with E-state index in [1.165, 1.54) is 0 Å². The molecule has 13 heavy (non-hydrogen) atoms. The summed E-state index contributed by atoms with van der Waals surface area (Å²) >= 11 is -2.36. The zero-order valence-corrected chi connectivity index (χ0v) is 7.36. The molecule has 0 heterocycles. The molecule has 6 heteroatoms. The second-order valence-electron chi connectivity index (χ2n) is 1.93. The third kappa shape index (κ3) is 7.13. The fraction of sp³-hybridized carbons (Fsp3) is 0. The highest BCUT2D eigenvalue weighted by molar-refractivity contribution is 7.76. The lowest BCUT2D eigenvalue weighted by atomic mass is 10.2. The highest BCUT2D eigenvalue weighted by Gasteiger charge is 1.96. The molecule has 3 N–H and O–H groups in total. The SMILES string of the molecule is NS(=O)[O-].O=C(O)c1ccccc1. The van der Waals surface area contributed by atoms with Crippen molar-refractivity contribution in [2.45, 2.75) is 0 Å². The second-order valence-corrected chi connectivity index (χ2v) is 2.45. The Morgan fingerprint density at radius 2 is 1.77 bits per heavy atom. The van der Waals surface area contributed by atoms with Gasteiger partial charge < -0.3 is 9.66 Å². The number of hydrogen-bond donors (Lipinski definition) is 2. The molecule has 1 aromatic carbocycles.